The van der Waals surface area contributed by atoms with Crippen molar-refractivity contribution >= 4 is 28.7 Å². The number of likely N-dealkylation sites (N-methyl/N-ethyl adjacent to an activating group) is 1. The zero-order valence-corrected chi connectivity index (χ0v) is 33.7. The van der Waals surface area contributed by atoms with Crippen molar-refractivity contribution in [2.45, 2.75) is 135 Å². The monoisotopic (exact) mass is 753 g/mol. The highest BCUT2D eigenvalue weighted by Crippen LogP contribution is 2.41. The van der Waals surface area contributed by atoms with Crippen molar-refractivity contribution in [2.75, 3.05) is 27.4 Å². The van der Waals surface area contributed by atoms with Crippen molar-refractivity contribution in [2.24, 2.45) is 23.7 Å². The number of aliphatic hydroxyl groups is 2. The number of cyclic esters (lactones) is 1. The van der Waals surface area contributed by atoms with Crippen LogP contribution in [0.4, 0.5) is 0 Å². The van der Waals surface area contributed by atoms with Gasteiger partial charge in [-0.15, -0.1) is 0 Å². The molecule has 4 heterocycles. The van der Waals surface area contributed by atoms with E-state index >= 15 is 0 Å². The summed E-state index contributed by atoms with van der Waals surface area (Å²) < 4.78 is 32.1. The molecule has 2 aromatic rings. The Kier molecular flexibility index (Phi) is 13.8. The van der Waals surface area contributed by atoms with Crippen molar-refractivity contribution in [3.63, 3.8) is 0 Å². The fourth-order valence-electron chi connectivity index (χ4n) is 9.10. The molecule has 0 spiro atoms. The molecule has 2 bridgehead atoms. The lowest BCUT2D eigenvalue weighted by molar-refractivity contribution is -0.297. The van der Waals surface area contributed by atoms with Crippen molar-refractivity contribution in [3.8, 4) is 0 Å². The summed E-state index contributed by atoms with van der Waals surface area (Å²) in [6.45, 7) is 15.2. The van der Waals surface area contributed by atoms with Crippen molar-refractivity contribution in [3.05, 3.63) is 48.2 Å². The highest BCUT2D eigenvalue weighted by Gasteiger charge is 2.53. The summed E-state index contributed by atoms with van der Waals surface area (Å²) in [7, 11) is 3.82. The number of aromatic nitrogens is 1. The molecule has 54 heavy (non-hydrogen) atoms. The number of ether oxygens (including phenoxy) is 5. The van der Waals surface area contributed by atoms with Crippen molar-refractivity contribution in [1.29, 1.82) is 0 Å². The number of para-hydroxylation sites is 1. The third kappa shape index (κ3) is 9.08. The second-order valence-electron chi connectivity index (χ2n) is 16.6. The highest BCUT2D eigenvalue weighted by atomic mass is 16.7. The van der Waals surface area contributed by atoms with Crippen LogP contribution >= 0.6 is 0 Å². The zero-order valence-electron chi connectivity index (χ0n) is 33.7. The van der Waals surface area contributed by atoms with Gasteiger partial charge in [-0.2, -0.15) is 0 Å². The molecule has 12 heteroatoms. The average molecular weight is 754 g/mol. The van der Waals surface area contributed by atoms with Gasteiger partial charge in [-0.25, -0.2) is 0 Å². The first kappa shape index (κ1) is 42.3. The molecule has 3 saturated heterocycles. The summed E-state index contributed by atoms with van der Waals surface area (Å²) in [5.41, 5.74) is -0.844. The number of nitrogens with one attached hydrogen (secondary N) is 1. The number of fused-ring (bicyclic) bond motifs is 3. The summed E-state index contributed by atoms with van der Waals surface area (Å²) in [5.74, 6) is -3.48. The first-order valence-corrected chi connectivity index (χ1v) is 19.6. The van der Waals surface area contributed by atoms with Gasteiger partial charge in [0, 0.05) is 35.5 Å². The van der Waals surface area contributed by atoms with E-state index in [0.717, 1.165) is 16.5 Å². The fraction of sp³-hybridized carbons (Fsp3) is 0.690. The number of ketones is 1. The number of nitrogens with zero attached hydrogens (tertiary/aromatic N) is 2. The maximum atomic E-state index is 14.4. The maximum absolute atomic E-state index is 14.4. The predicted octanol–water partition coefficient (Wildman–Crippen LogP) is 4.74. The van der Waals surface area contributed by atoms with Crippen LogP contribution in [0.5, 0.6) is 0 Å². The van der Waals surface area contributed by atoms with Crippen molar-refractivity contribution in [1.82, 2.24) is 15.2 Å². The van der Waals surface area contributed by atoms with Crippen LogP contribution in [0.1, 0.15) is 80.2 Å². The number of hydrogen-bond donors (Lipinski definition) is 3. The van der Waals surface area contributed by atoms with Gasteiger partial charge in [0.05, 0.1) is 42.8 Å². The molecule has 1 aromatic carbocycles. The van der Waals surface area contributed by atoms with E-state index in [0.29, 0.717) is 19.3 Å². The van der Waals surface area contributed by atoms with Gasteiger partial charge in [-0.05, 0) is 84.7 Å². The van der Waals surface area contributed by atoms with E-state index in [2.05, 4.69) is 23.3 Å². The second kappa shape index (κ2) is 17.5. The Balaban J connectivity index is 1.55. The van der Waals surface area contributed by atoms with Crippen molar-refractivity contribution < 1.29 is 43.5 Å². The Bertz CT molecular complexity index is 1620. The predicted molar refractivity (Wildman–Crippen MR) is 206 cm³/mol. The lowest BCUT2D eigenvalue weighted by Gasteiger charge is -2.50. The number of benzene rings is 1. The largest absolute Gasteiger partial charge is 0.459 e. The molecule has 14 atom stereocenters. The van der Waals surface area contributed by atoms with E-state index in [1.165, 1.54) is 6.92 Å². The standard InChI is InChI=1S/C42H63N3O9/c1-11-33-42(8,49)38-26(4)34(44-23-50-38)24(2)21-41(7,51-18-14-15-29-20-30-16-12-13-17-31(30)43-22-29)37(27(5)35(46)28(6)39(48)53-33)54-40-36(47)32(45(9)10)19-25(3)52-40/h12-17,20,22,24-28,32-34,36-38,40,44,47,49H,11,18-19,21,23H2,1-10H3/b15-14-/t24-,25-,26+,27+,28-,32+,33-,34+,36-,37-,38-,40+,41+,42-/m1/s1. The summed E-state index contributed by atoms with van der Waals surface area (Å²) in [6, 6.07) is 9.60. The molecular formula is C42H63N3O9. The number of rotatable bonds is 8. The molecule has 5 rings (SSSR count). The van der Waals surface area contributed by atoms with Gasteiger partial charge < -0.3 is 38.8 Å². The molecule has 0 saturated carbocycles. The third-order valence-electron chi connectivity index (χ3n) is 12.1. The Labute approximate surface area is 320 Å². The lowest BCUT2D eigenvalue weighted by atomic mass is 9.72. The Morgan fingerprint density at radius 3 is 2.54 bits per heavy atom. The molecule has 3 fully saturated rings. The molecule has 12 nitrogen and oxygen atoms in total. The van der Waals surface area contributed by atoms with Gasteiger partial charge in [0.1, 0.15) is 23.7 Å². The van der Waals surface area contributed by atoms with Gasteiger partial charge in [0.15, 0.2) is 12.1 Å². The summed E-state index contributed by atoms with van der Waals surface area (Å²) in [5, 5.41) is 28.1. The normalized spacial score (nSPS) is 40.2. The van der Waals surface area contributed by atoms with Crippen LogP contribution in [0.15, 0.2) is 42.6 Å². The number of Topliss-reactive ketones (excluding diaryl/α,β-unsaturated/α-hetero) is 1. The number of carbonyl (C=O) groups is 2. The molecule has 0 unspecified atom stereocenters. The molecular weight excluding hydrogens is 690 g/mol. The van der Waals surface area contributed by atoms with E-state index in [-0.39, 0.29) is 43.4 Å². The summed E-state index contributed by atoms with van der Waals surface area (Å²) in [4.78, 5) is 34.7. The highest BCUT2D eigenvalue weighted by molar-refractivity contribution is 6.00. The number of hydrogen-bond acceptors (Lipinski definition) is 12. The van der Waals surface area contributed by atoms with E-state index in [4.69, 9.17) is 23.7 Å². The summed E-state index contributed by atoms with van der Waals surface area (Å²) in [6.07, 6.45) is 2.22. The Morgan fingerprint density at radius 2 is 1.83 bits per heavy atom. The third-order valence-corrected chi connectivity index (χ3v) is 12.1. The first-order chi connectivity index (χ1) is 25.5. The molecule has 0 radical (unpaired) electrons. The number of pyridine rings is 1. The SMILES string of the molecule is CC[C@H]1OC(=O)[C@H](C)C(=O)[C@H](C)[C@@H](O[C@@H]2O[C@H](C)C[C@H](N(C)C)[C@H]2O)[C@@](C)(OC/C=C\c2cnc3ccccc3c2)C[C@@H](C)[C@@H]2NCO[C@H]([C@H]2C)[C@]1(C)O. The van der Waals surface area contributed by atoms with E-state index < -0.39 is 65.5 Å². The van der Waals surface area contributed by atoms with Gasteiger partial charge >= 0.3 is 5.97 Å². The van der Waals surface area contributed by atoms with Crippen LogP contribution in [0.2, 0.25) is 0 Å². The maximum Gasteiger partial charge on any atom is 0.316 e. The number of carbonyl (C=O) groups excluding carboxylic acids is 2. The Hall–Kier alpha value is -2.81. The molecule has 3 aliphatic rings. The molecule has 300 valence electrons. The second-order valence-corrected chi connectivity index (χ2v) is 16.6. The van der Waals surface area contributed by atoms with E-state index in [1.54, 1.807) is 13.8 Å². The molecule has 1 aromatic heterocycles. The number of aliphatic hydroxyl groups excluding tert-OH is 1. The van der Waals surface area contributed by atoms with Gasteiger partial charge in [0.25, 0.3) is 0 Å². The van der Waals surface area contributed by atoms with Crippen LogP contribution in [-0.4, -0.2) is 119 Å². The molecule has 0 amide bonds. The van der Waals surface area contributed by atoms with Crippen LogP contribution in [-0.2, 0) is 33.3 Å². The van der Waals surface area contributed by atoms with Crippen LogP contribution in [0, 0.1) is 23.7 Å². The van der Waals surface area contributed by atoms with Crippen LogP contribution in [0.3, 0.4) is 0 Å². The smallest absolute Gasteiger partial charge is 0.316 e. The summed E-state index contributed by atoms with van der Waals surface area (Å²) >= 11 is 0. The number of esters is 1. The lowest BCUT2D eigenvalue weighted by Crippen LogP contribution is -2.64. The Morgan fingerprint density at radius 1 is 1.11 bits per heavy atom. The minimum absolute atomic E-state index is 0.0806. The van der Waals surface area contributed by atoms with Crippen LogP contribution < -0.4 is 5.32 Å². The topological polar surface area (TPSA) is 149 Å². The molecule has 0 aliphatic carbocycles. The van der Waals surface area contributed by atoms with E-state index in [9.17, 15) is 19.8 Å². The van der Waals surface area contributed by atoms with Gasteiger partial charge in [-0.3, -0.25) is 19.9 Å². The zero-order chi connectivity index (χ0) is 39.5. The van der Waals surface area contributed by atoms with Gasteiger partial charge in [-0.1, -0.05) is 58.0 Å². The quantitative estimate of drug-likeness (QED) is 0.253. The first-order valence-electron chi connectivity index (χ1n) is 19.6. The molecule has 3 N–H and O–H groups in total. The molecule has 3 aliphatic heterocycles. The van der Waals surface area contributed by atoms with Crippen LogP contribution in [0.25, 0.3) is 17.0 Å². The van der Waals surface area contributed by atoms with E-state index in [1.807, 2.05) is 89.3 Å². The average Bonchev–Trinajstić information content (AvgIpc) is 3.13. The minimum atomic E-state index is -1.52. The minimum Gasteiger partial charge on any atom is -0.459 e. The van der Waals surface area contributed by atoms with Gasteiger partial charge in [0.2, 0.25) is 0 Å². The fourth-order valence-corrected chi connectivity index (χ4v) is 9.10.